The number of hydrogen-bond donors (Lipinski definition) is 3. The zero-order chi connectivity index (χ0) is 16.2. The first-order valence-electron chi connectivity index (χ1n) is 8.49. The number of benzene rings is 1. The van der Waals surface area contributed by atoms with Crippen LogP contribution in [-0.4, -0.2) is 36.8 Å². The molecule has 0 radical (unpaired) electrons. The predicted molar refractivity (Wildman–Crippen MR) is 88.3 cm³/mol. The molecule has 2 saturated heterocycles. The van der Waals surface area contributed by atoms with Crippen LogP contribution in [0, 0.1) is 5.92 Å². The molecule has 3 rings (SSSR count). The number of rotatable bonds is 6. The smallest absolute Gasteiger partial charge is 0.220 e. The van der Waals surface area contributed by atoms with Gasteiger partial charge in [-0.1, -0.05) is 18.2 Å². The Morgan fingerprint density at radius 3 is 2.74 bits per heavy atom. The molecule has 0 spiro atoms. The number of ether oxygens (including phenoxy) is 1. The molecule has 2 fully saturated rings. The number of methoxy groups -OCH3 is 1. The average molecular weight is 318 g/mol. The molecule has 1 aromatic rings. The minimum absolute atomic E-state index is 0.0326. The summed E-state index contributed by atoms with van der Waals surface area (Å²) >= 11 is 0. The van der Waals surface area contributed by atoms with Crippen LogP contribution in [0.15, 0.2) is 24.3 Å². The third kappa shape index (κ3) is 4.03. The Hall–Kier alpha value is -1.59. The molecule has 0 aliphatic carbocycles. The van der Waals surface area contributed by atoms with Crippen LogP contribution >= 0.6 is 0 Å². The number of piperidine rings is 1. The lowest BCUT2D eigenvalue weighted by Crippen LogP contribution is -2.40. The lowest BCUT2D eigenvalue weighted by atomic mass is 9.89. The van der Waals surface area contributed by atoms with E-state index in [1.54, 1.807) is 7.11 Å². The fourth-order valence-corrected chi connectivity index (χ4v) is 3.94. The van der Waals surface area contributed by atoms with Gasteiger partial charge in [-0.25, -0.2) is 0 Å². The number of amides is 1. The number of hydrogen-bond acceptors (Lipinski definition) is 4. The van der Waals surface area contributed by atoms with Gasteiger partial charge in [0.15, 0.2) is 0 Å². The monoisotopic (exact) mass is 318 g/mol. The van der Waals surface area contributed by atoms with E-state index in [4.69, 9.17) is 4.74 Å². The molecule has 3 N–H and O–H groups in total. The predicted octanol–water partition coefficient (Wildman–Crippen LogP) is 1.77. The van der Waals surface area contributed by atoms with Crippen LogP contribution in [0.1, 0.15) is 43.8 Å². The maximum atomic E-state index is 12.2. The van der Waals surface area contributed by atoms with Gasteiger partial charge in [0.05, 0.1) is 13.2 Å². The Kier molecular flexibility index (Phi) is 5.18. The van der Waals surface area contributed by atoms with E-state index in [0.717, 1.165) is 12.8 Å². The zero-order valence-corrected chi connectivity index (χ0v) is 13.6. The van der Waals surface area contributed by atoms with Crippen LogP contribution in [-0.2, 0) is 4.79 Å². The van der Waals surface area contributed by atoms with E-state index in [2.05, 4.69) is 10.6 Å². The number of carbonyl (C=O) groups is 1. The molecule has 126 valence electrons. The van der Waals surface area contributed by atoms with Crippen molar-refractivity contribution in [3.05, 3.63) is 29.8 Å². The highest BCUT2D eigenvalue weighted by atomic mass is 16.5. The Morgan fingerprint density at radius 2 is 2.04 bits per heavy atom. The van der Waals surface area contributed by atoms with E-state index in [1.165, 1.54) is 12.8 Å². The second kappa shape index (κ2) is 7.32. The van der Waals surface area contributed by atoms with E-state index >= 15 is 0 Å². The Labute approximate surface area is 137 Å². The third-order valence-corrected chi connectivity index (χ3v) is 5.04. The SMILES string of the molecule is COc1ccccc1C(O)CNC(=O)CC1CC2CCC(C1)N2. The van der Waals surface area contributed by atoms with Gasteiger partial charge >= 0.3 is 0 Å². The fraction of sp³-hybridized carbons (Fsp3) is 0.611. The summed E-state index contributed by atoms with van der Waals surface area (Å²) in [6, 6.07) is 8.55. The van der Waals surface area contributed by atoms with Crippen molar-refractivity contribution in [1.29, 1.82) is 0 Å². The second-order valence-electron chi connectivity index (χ2n) is 6.74. The van der Waals surface area contributed by atoms with Crippen LogP contribution in [0.2, 0.25) is 0 Å². The Balaban J connectivity index is 1.47. The van der Waals surface area contributed by atoms with Crippen molar-refractivity contribution in [2.24, 2.45) is 5.92 Å². The van der Waals surface area contributed by atoms with Crippen molar-refractivity contribution in [2.45, 2.75) is 50.3 Å². The first kappa shape index (κ1) is 16.3. The van der Waals surface area contributed by atoms with Crippen molar-refractivity contribution >= 4 is 5.91 Å². The first-order valence-corrected chi connectivity index (χ1v) is 8.49. The lowest BCUT2D eigenvalue weighted by Gasteiger charge is -2.28. The zero-order valence-electron chi connectivity index (χ0n) is 13.6. The lowest BCUT2D eigenvalue weighted by molar-refractivity contribution is -0.122. The van der Waals surface area contributed by atoms with E-state index in [0.29, 0.717) is 35.7 Å². The summed E-state index contributed by atoms with van der Waals surface area (Å²) in [5.74, 6) is 1.14. The van der Waals surface area contributed by atoms with Crippen LogP contribution < -0.4 is 15.4 Å². The van der Waals surface area contributed by atoms with Gasteiger partial charge in [0.2, 0.25) is 5.91 Å². The molecular formula is C18H26N2O3. The fourth-order valence-electron chi connectivity index (χ4n) is 3.94. The molecule has 1 aromatic carbocycles. The summed E-state index contributed by atoms with van der Waals surface area (Å²) in [7, 11) is 1.58. The van der Waals surface area contributed by atoms with E-state index < -0.39 is 6.10 Å². The summed E-state index contributed by atoms with van der Waals surface area (Å²) < 4.78 is 5.25. The molecule has 0 aromatic heterocycles. The molecular weight excluding hydrogens is 292 g/mol. The molecule has 5 nitrogen and oxygen atoms in total. The van der Waals surface area contributed by atoms with Gasteiger partial charge in [-0.15, -0.1) is 0 Å². The highest BCUT2D eigenvalue weighted by molar-refractivity contribution is 5.76. The van der Waals surface area contributed by atoms with Crippen molar-refractivity contribution in [1.82, 2.24) is 10.6 Å². The molecule has 2 heterocycles. The Bertz CT molecular complexity index is 537. The molecule has 2 aliphatic heterocycles. The molecule has 2 bridgehead atoms. The maximum Gasteiger partial charge on any atom is 0.220 e. The molecule has 5 heteroatoms. The number of fused-ring (bicyclic) bond motifs is 2. The van der Waals surface area contributed by atoms with E-state index in [1.807, 2.05) is 24.3 Å². The molecule has 3 atom stereocenters. The van der Waals surface area contributed by atoms with Crippen molar-refractivity contribution in [3.8, 4) is 5.75 Å². The average Bonchev–Trinajstić information content (AvgIpc) is 2.91. The standard InChI is InChI=1S/C18H26N2O3/c1-23-17-5-3-2-4-15(17)16(21)11-19-18(22)10-12-8-13-6-7-14(9-12)20-13/h2-5,12-14,16,20-21H,6-11H2,1H3,(H,19,22). The molecule has 23 heavy (non-hydrogen) atoms. The van der Waals surface area contributed by atoms with Gasteiger partial charge in [0.25, 0.3) is 0 Å². The molecule has 0 saturated carbocycles. The van der Waals surface area contributed by atoms with Crippen LogP contribution in [0.25, 0.3) is 0 Å². The number of nitrogens with one attached hydrogen (secondary N) is 2. The Morgan fingerprint density at radius 1 is 1.35 bits per heavy atom. The minimum Gasteiger partial charge on any atom is -0.496 e. The van der Waals surface area contributed by atoms with Crippen molar-refractivity contribution in [2.75, 3.05) is 13.7 Å². The normalized spacial score (nSPS) is 27.5. The summed E-state index contributed by atoms with van der Waals surface area (Å²) in [5, 5.41) is 16.7. The van der Waals surface area contributed by atoms with E-state index in [9.17, 15) is 9.90 Å². The van der Waals surface area contributed by atoms with Gasteiger partial charge in [-0.05, 0) is 37.7 Å². The van der Waals surface area contributed by atoms with Gasteiger partial charge in [0, 0.05) is 30.6 Å². The first-order chi connectivity index (χ1) is 11.2. The molecule has 2 aliphatic rings. The topological polar surface area (TPSA) is 70.6 Å². The van der Waals surface area contributed by atoms with Gasteiger partial charge in [-0.2, -0.15) is 0 Å². The molecule has 3 unspecified atom stereocenters. The van der Waals surface area contributed by atoms with Crippen LogP contribution in [0.4, 0.5) is 0 Å². The highest BCUT2D eigenvalue weighted by Gasteiger charge is 2.34. The third-order valence-electron chi connectivity index (χ3n) is 5.04. The number of para-hydroxylation sites is 1. The van der Waals surface area contributed by atoms with Crippen molar-refractivity contribution < 1.29 is 14.6 Å². The summed E-state index contributed by atoms with van der Waals surface area (Å²) in [6.45, 7) is 0.219. The molecule has 1 amide bonds. The second-order valence-corrected chi connectivity index (χ2v) is 6.74. The van der Waals surface area contributed by atoms with Crippen molar-refractivity contribution in [3.63, 3.8) is 0 Å². The summed E-state index contributed by atoms with van der Waals surface area (Å²) in [6.07, 6.45) is 4.50. The summed E-state index contributed by atoms with van der Waals surface area (Å²) in [5.41, 5.74) is 0.704. The quantitative estimate of drug-likeness (QED) is 0.747. The van der Waals surface area contributed by atoms with Gasteiger partial charge in [0.1, 0.15) is 5.75 Å². The van der Waals surface area contributed by atoms with Gasteiger partial charge in [-0.3, -0.25) is 4.79 Å². The van der Waals surface area contributed by atoms with Crippen LogP contribution in [0.3, 0.4) is 0 Å². The highest BCUT2D eigenvalue weighted by Crippen LogP contribution is 2.32. The summed E-state index contributed by atoms with van der Waals surface area (Å²) in [4.78, 5) is 12.2. The maximum absolute atomic E-state index is 12.2. The van der Waals surface area contributed by atoms with E-state index in [-0.39, 0.29) is 12.5 Å². The number of carbonyl (C=O) groups excluding carboxylic acids is 1. The largest absolute Gasteiger partial charge is 0.496 e. The number of aliphatic hydroxyl groups is 1. The van der Waals surface area contributed by atoms with Gasteiger partial charge < -0.3 is 20.5 Å². The van der Waals surface area contributed by atoms with Crippen LogP contribution in [0.5, 0.6) is 5.75 Å². The number of aliphatic hydroxyl groups excluding tert-OH is 1. The minimum atomic E-state index is -0.751.